The predicted octanol–water partition coefficient (Wildman–Crippen LogP) is 1.87. The highest BCUT2D eigenvalue weighted by molar-refractivity contribution is 5.90. The zero-order valence-corrected chi connectivity index (χ0v) is 11.9. The molecule has 1 heterocycles. The lowest BCUT2D eigenvalue weighted by Crippen LogP contribution is -2.70. The number of amides is 1. The highest BCUT2D eigenvalue weighted by Crippen LogP contribution is 2.42. The van der Waals surface area contributed by atoms with Gasteiger partial charge in [0, 0.05) is 12.6 Å². The number of carbonyl (C=O) groups is 1. The number of hydrogen-bond acceptors (Lipinski definition) is 3. The van der Waals surface area contributed by atoms with Gasteiger partial charge in [0.25, 0.3) is 5.91 Å². The Kier molecular flexibility index (Phi) is 3.65. The van der Waals surface area contributed by atoms with Crippen LogP contribution in [0.5, 0.6) is 5.75 Å². The first-order valence-electron chi connectivity index (χ1n) is 6.53. The molecule has 1 amide bonds. The predicted molar refractivity (Wildman–Crippen MR) is 70.9 cm³/mol. The molecule has 1 aliphatic rings. The second-order valence-electron chi connectivity index (χ2n) is 5.46. The lowest BCUT2D eigenvalue weighted by atomic mass is 9.84. The first kappa shape index (κ1) is 15.6. The van der Waals surface area contributed by atoms with Crippen molar-refractivity contribution in [3.05, 3.63) is 28.8 Å². The third kappa shape index (κ3) is 2.35. The van der Waals surface area contributed by atoms with Crippen molar-refractivity contribution < 1.29 is 23.1 Å². The van der Waals surface area contributed by atoms with Gasteiger partial charge in [0.05, 0.1) is 0 Å². The lowest BCUT2D eigenvalue weighted by molar-refractivity contribution is -0.207. The fraction of sp³-hybridized carbons (Fsp3) is 0.500. The molecular formula is C14H17F3N2O2. The number of benzene rings is 1. The largest absolute Gasteiger partial charge is 0.507 e. The molecule has 2 atom stereocenters. The number of nitrogens with one attached hydrogen (secondary N) is 2. The van der Waals surface area contributed by atoms with Crippen molar-refractivity contribution in [1.29, 1.82) is 0 Å². The lowest BCUT2D eigenvalue weighted by Gasteiger charge is -2.41. The van der Waals surface area contributed by atoms with Gasteiger partial charge in [-0.25, -0.2) is 0 Å². The molecule has 0 aliphatic carbocycles. The van der Waals surface area contributed by atoms with E-state index >= 15 is 0 Å². The van der Waals surface area contributed by atoms with Gasteiger partial charge in [-0.05, 0) is 49.6 Å². The monoisotopic (exact) mass is 302 g/mol. The molecule has 7 heteroatoms. The van der Waals surface area contributed by atoms with Crippen LogP contribution >= 0.6 is 0 Å². The van der Waals surface area contributed by atoms with Crippen molar-refractivity contribution in [2.75, 3.05) is 6.54 Å². The highest BCUT2D eigenvalue weighted by Gasteiger charge is 2.63. The van der Waals surface area contributed by atoms with Crippen LogP contribution in [0.3, 0.4) is 0 Å². The maximum absolute atomic E-state index is 13.6. The highest BCUT2D eigenvalue weighted by atomic mass is 19.4. The van der Waals surface area contributed by atoms with Crippen molar-refractivity contribution in [1.82, 2.24) is 10.6 Å². The number of aromatic hydroxyl groups is 1. The summed E-state index contributed by atoms with van der Waals surface area (Å²) >= 11 is 0. The number of carbonyl (C=O) groups excluding carboxylic acids is 1. The summed E-state index contributed by atoms with van der Waals surface area (Å²) in [6, 6.07) is 2.00. The SMILES string of the molecule is Cc1cc(C2(C(F)(F)F)NCC(C)NC2=O)cc(C)c1O. The van der Waals surface area contributed by atoms with Gasteiger partial charge in [-0.2, -0.15) is 13.2 Å². The fourth-order valence-corrected chi connectivity index (χ4v) is 2.57. The summed E-state index contributed by atoms with van der Waals surface area (Å²) in [7, 11) is 0. The van der Waals surface area contributed by atoms with E-state index in [4.69, 9.17) is 0 Å². The summed E-state index contributed by atoms with van der Waals surface area (Å²) in [5, 5.41) is 14.4. The average molecular weight is 302 g/mol. The van der Waals surface area contributed by atoms with Crippen LogP contribution in [-0.2, 0) is 10.3 Å². The van der Waals surface area contributed by atoms with Crippen molar-refractivity contribution >= 4 is 5.91 Å². The number of aryl methyl sites for hydroxylation is 2. The number of rotatable bonds is 1. The summed E-state index contributed by atoms with van der Waals surface area (Å²) in [4.78, 5) is 12.1. The van der Waals surface area contributed by atoms with Crippen LogP contribution in [0.2, 0.25) is 0 Å². The van der Waals surface area contributed by atoms with Gasteiger partial charge in [0.2, 0.25) is 5.54 Å². The normalized spacial score (nSPS) is 26.6. The summed E-state index contributed by atoms with van der Waals surface area (Å²) in [5.74, 6) is -1.20. The first-order valence-corrected chi connectivity index (χ1v) is 6.53. The molecule has 116 valence electrons. The molecule has 21 heavy (non-hydrogen) atoms. The van der Waals surface area contributed by atoms with E-state index < -0.39 is 17.6 Å². The Balaban J connectivity index is 2.65. The van der Waals surface area contributed by atoms with Crippen LogP contribution in [0, 0.1) is 13.8 Å². The molecule has 1 aromatic rings. The van der Waals surface area contributed by atoms with E-state index in [0.717, 1.165) is 0 Å². The molecule has 2 rings (SSSR count). The van der Waals surface area contributed by atoms with Gasteiger partial charge < -0.3 is 10.4 Å². The third-order valence-corrected chi connectivity index (χ3v) is 3.74. The van der Waals surface area contributed by atoms with Crippen LogP contribution < -0.4 is 10.6 Å². The molecule has 3 N–H and O–H groups in total. The van der Waals surface area contributed by atoms with Crippen molar-refractivity contribution in [3.63, 3.8) is 0 Å². The molecule has 2 unspecified atom stereocenters. The van der Waals surface area contributed by atoms with E-state index in [2.05, 4.69) is 10.6 Å². The first-order chi connectivity index (χ1) is 9.59. The quantitative estimate of drug-likeness (QED) is 0.742. The molecule has 1 fully saturated rings. The molecule has 1 aromatic carbocycles. The van der Waals surface area contributed by atoms with E-state index in [0.29, 0.717) is 11.1 Å². The summed E-state index contributed by atoms with van der Waals surface area (Å²) < 4.78 is 40.9. The van der Waals surface area contributed by atoms with E-state index in [1.165, 1.54) is 26.0 Å². The minimum absolute atomic E-state index is 0.00419. The summed E-state index contributed by atoms with van der Waals surface area (Å²) in [6.07, 6.45) is -4.80. The average Bonchev–Trinajstić information content (AvgIpc) is 2.34. The Morgan fingerprint density at radius 1 is 1.29 bits per heavy atom. The topological polar surface area (TPSA) is 61.4 Å². The van der Waals surface area contributed by atoms with E-state index in [1.54, 1.807) is 6.92 Å². The molecule has 4 nitrogen and oxygen atoms in total. The van der Waals surface area contributed by atoms with Gasteiger partial charge in [-0.1, -0.05) is 0 Å². The minimum Gasteiger partial charge on any atom is -0.507 e. The number of hydrogen-bond donors (Lipinski definition) is 3. The molecule has 1 aliphatic heterocycles. The Hall–Kier alpha value is -1.76. The molecule has 1 saturated heterocycles. The number of phenols is 1. The van der Waals surface area contributed by atoms with E-state index in [-0.39, 0.29) is 23.9 Å². The minimum atomic E-state index is -4.80. The van der Waals surface area contributed by atoms with Crippen LogP contribution in [0.15, 0.2) is 12.1 Å². The van der Waals surface area contributed by atoms with Gasteiger partial charge in [-0.15, -0.1) is 0 Å². The zero-order chi connectivity index (χ0) is 16.0. The third-order valence-electron chi connectivity index (χ3n) is 3.74. The van der Waals surface area contributed by atoms with Crippen LogP contribution in [0.4, 0.5) is 13.2 Å². The van der Waals surface area contributed by atoms with Gasteiger partial charge in [0.15, 0.2) is 0 Å². The van der Waals surface area contributed by atoms with Crippen molar-refractivity contribution in [2.45, 2.75) is 38.5 Å². The van der Waals surface area contributed by atoms with Crippen molar-refractivity contribution in [2.24, 2.45) is 0 Å². The maximum Gasteiger partial charge on any atom is 0.419 e. The Bertz CT molecular complexity index is 563. The van der Waals surface area contributed by atoms with Gasteiger partial charge >= 0.3 is 6.18 Å². The van der Waals surface area contributed by atoms with Crippen molar-refractivity contribution in [3.8, 4) is 5.75 Å². The Labute approximate surface area is 120 Å². The molecular weight excluding hydrogens is 285 g/mol. The fourth-order valence-electron chi connectivity index (χ4n) is 2.57. The standard InChI is InChI=1S/C14H17F3N2O2/c1-7-4-10(5-8(2)11(7)20)13(14(15,16)17)12(21)19-9(3)6-18-13/h4-5,9,18,20H,6H2,1-3H3,(H,19,21). The van der Waals surface area contributed by atoms with Crippen LogP contribution in [0.1, 0.15) is 23.6 Å². The molecule has 0 bridgehead atoms. The maximum atomic E-state index is 13.6. The van der Waals surface area contributed by atoms with Crippen LogP contribution in [-0.4, -0.2) is 29.8 Å². The molecule has 0 radical (unpaired) electrons. The Morgan fingerprint density at radius 3 is 2.24 bits per heavy atom. The second-order valence-corrected chi connectivity index (χ2v) is 5.46. The summed E-state index contributed by atoms with van der Waals surface area (Å²) in [5.41, 5.74) is -2.42. The van der Waals surface area contributed by atoms with E-state index in [1.807, 2.05) is 0 Å². The second kappa shape index (κ2) is 4.91. The zero-order valence-electron chi connectivity index (χ0n) is 11.9. The van der Waals surface area contributed by atoms with Gasteiger partial charge in [-0.3, -0.25) is 10.1 Å². The molecule has 0 aromatic heterocycles. The molecule has 0 saturated carbocycles. The number of phenolic OH excluding ortho intramolecular Hbond substituents is 1. The number of alkyl halides is 3. The summed E-state index contributed by atoms with van der Waals surface area (Å²) in [6.45, 7) is 4.63. The number of halogens is 3. The Morgan fingerprint density at radius 2 is 1.81 bits per heavy atom. The van der Waals surface area contributed by atoms with Gasteiger partial charge in [0.1, 0.15) is 5.75 Å². The number of piperazine rings is 1. The smallest absolute Gasteiger partial charge is 0.419 e. The van der Waals surface area contributed by atoms with Crippen LogP contribution in [0.25, 0.3) is 0 Å². The van der Waals surface area contributed by atoms with E-state index in [9.17, 15) is 23.1 Å². The molecule has 0 spiro atoms.